The zero-order chi connectivity index (χ0) is 15.4. The van der Waals surface area contributed by atoms with Crippen molar-refractivity contribution in [2.75, 3.05) is 39.3 Å². The van der Waals surface area contributed by atoms with Crippen molar-refractivity contribution in [3.63, 3.8) is 0 Å². The molecule has 6 heteroatoms. The molecule has 1 heterocycles. The van der Waals surface area contributed by atoms with E-state index in [4.69, 9.17) is 5.11 Å². The number of carbonyl (C=O) groups is 1. The van der Waals surface area contributed by atoms with Crippen LogP contribution in [0.1, 0.15) is 22.3 Å². The molecule has 1 saturated heterocycles. The van der Waals surface area contributed by atoms with Gasteiger partial charge in [0, 0.05) is 32.2 Å². The van der Waals surface area contributed by atoms with Gasteiger partial charge in [0.2, 0.25) is 0 Å². The molecule has 0 aliphatic carbocycles. The van der Waals surface area contributed by atoms with Gasteiger partial charge < -0.3 is 10.0 Å². The number of benzene rings is 1. The largest absolute Gasteiger partial charge is 0.395 e. The quantitative estimate of drug-likeness (QED) is 0.918. The minimum Gasteiger partial charge on any atom is -0.395 e. The molecule has 116 valence electrons. The first-order valence-electron chi connectivity index (χ1n) is 7.11. The molecule has 1 aliphatic heterocycles. The first-order valence-corrected chi connectivity index (χ1v) is 7.11. The van der Waals surface area contributed by atoms with Crippen LogP contribution in [-0.2, 0) is 0 Å². The molecule has 1 aliphatic rings. The van der Waals surface area contributed by atoms with Crippen molar-refractivity contribution in [2.24, 2.45) is 0 Å². The van der Waals surface area contributed by atoms with E-state index < -0.39 is 17.5 Å². The fourth-order valence-corrected chi connectivity index (χ4v) is 2.53. The monoisotopic (exact) mass is 298 g/mol. The summed E-state index contributed by atoms with van der Waals surface area (Å²) in [6.07, 6.45) is 0.771. The molecule has 1 N–H and O–H groups in total. The first-order chi connectivity index (χ1) is 10.0. The van der Waals surface area contributed by atoms with Gasteiger partial charge in [-0.05, 0) is 31.5 Å². The van der Waals surface area contributed by atoms with Crippen molar-refractivity contribution in [1.82, 2.24) is 9.80 Å². The fraction of sp³-hybridized carbons (Fsp3) is 0.533. The lowest BCUT2D eigenvalue weighted by atomic mass is 10.1. The summed E-state index contributed by atoms with van der Waals surface area (Å²) in [6, 6.07) is 2.03. The second-order valence-corrected chi connectivity index (χ2v) is 5.29. The number of aliphatic hydroxyl groups is 1. The number of aryl methyl sites for hydroxylation is 1. The topological polar surface area (TPSA) is 43.8 Å². The van der Waals surface area contributed by atoms with Crippen LogP contribution in [0.4, 0.5) is 8.78 Å². The normalized spacial score (nSPS) is 16.9. The molecular weight excluding hydrogens is 278 g/mol. The minimum absolute atomic E-state index is 0.0792. The van der Waals surface area contributed by atoms with Crippen molar-refractivity contribution < 1.29 is 18.7 Å². The summed E-state index contributed by atoms with van der Waals surface area (Å²) in [5.41, 5.74) is 0.181. The Morgan fingerprint density at radius 3 is 2.67 bits per heavy atom. The molecule has 0 bridgehead atoms. The average Bonchev–Trinajstić information content (AvgIpc) is 2.68. The van der Waals surface area contributed by atoms with E-state index in [-0.39, 0.29) is 17.7 Å². The maximum absolute atomic E-state index is 13.8. The van der Waals surface area contributed by atoms with Crippen molar-refractivity contribution in [1.29, 1.82) is 0 Å². The number of carbonyl (C=O) groups excluding carboxylic acids is 1. The molecule has 1 aromatic rings. The molecule has 1 aromatic carbocycles. The maximum atomic E-state index is 13.8. The van der Waals surface area contributed by atoms with Gasteiger partial charge in [-0.3, -0.25) is 9.69 Å². The number of amides is 1. The standard InChI is InChI=1S/C15H20F2N2O2/c1-11-9-12(14(17)10-13(11)16)15(21)19-4-2-3-18(5-6-19)7-8-20/h9-10,20H,2-8H2,1H3. The Bertz CT molecular complexity index is 523. The highest BCUT2D eigenvalue weighted by Gasteiger charge is 2.23. The Morgan fingerprint density at radius 2 is 1.95 bits per heavy atom. The minimum atomic E-state index is -0.820. The summed E-state index contributed by atoms with van der Waals surface area (Å²) >= 11 is 0. The molecule has 0 spiro atoms. The summed E-state index contributed by atoms with van der Waals surface area (Å²) < 4.78 is 27.1. The summed E-state index contributed by atoms with van der Waals surface area (Å²) in [5.74, 6) is -1.87. The lowest BCUT2D eigenvalue weighted by Gasteiger charge is -2.22. The number of nitrogens with zero attached hydrogens (tertiary/aromatic N) is 2. The molecule has 0 atom stereocenters. The van der Waals surface area contributed by atoms with E-state index in [2.05, 4.69) is 4.90 Å². The van der Waals surface area contributed by atoms with Crippen molar-refractivity contribution in [2.45, 2.75) is 13.3 Å². The number of β-amino-alcohol motifs (C(OH)–C–C–N with tert-alkyl or cyclic N) is 1. The third kappa shape index (κ3) is 3.77. The lowest BCUT2D eigenvalue weighted by molar-refractivity contribution is 0.0755. The Morgan fingerprint density at radius 1 is 1.19 bits per heavy atom. The van der Waals surface area contributed by atoms with Crippen LogP contribution in [0.25, 0.3) is 0 Å². The van der Waals surface area contributed by atoms with Gasteiger partial charge in [0.05, 0.1) is 12.2 Å². The number of rotatable bonds is 3. The zero-order valence-corrected chi connectivity index (χ0v) is 12.1. The number of halogens is 2. The van der Waals surface area contributed by atoms with Gasteiger partial charge in [-0.15, -0.1) is 0 Å². The van der Waals surface area contributed by atoms with Crippen LogP contribution in [0.5, 0.6) is 0 Å². The van der Waals surface area contributed by atoms with Crippen LogP contribution in [-0.4, -0.2) is 60.1 Å². The molecule has 0 radical (unpaired) electrons. The Balaban J connectivity index is 2.11. The highest BCUT2D eigenvalue weighted by atomic mass is 19.1. The zero-order valence-electron chi connectivity index (χ0n) is 12.1. The molecule has 1 amide bonds. The van der Waals surface area contributed by atoms with E-state index in [0.29, 0.717) is 26.2 Å². The number of hydrogen-bond donors (Lipinski definition) is 1. The summed E-state index contributed by atoms with van der Waals surface area (Å²) in [5, 5.41) is 8.95. The van der Waals surface area contributed by atoms with Gasteiger partial charge in [-0.2, -0.15) is 0 Å². The van der Waals surface area contributed by atoms with Gasteiger partial charge in [0.25, 0.3) is 5.91 Å². The van der Waals surface area contributed by atoms with Crippen molar-refractivity contribution in [3.05, 3.63) is 34.9 Å². The smallest absolute Gasteiger partial charge is 0.256 e. The van der Waals surface area contributed by atoms with E-state index in [1.165, 1.54) is 13.0 Å². The molecule has 2 rings (SSSR count). The van der Waals surface area contributed by atoms with Gasteiger partial charge in [-0.1, -0.05) is 0 Å². The molecule has 0 saturated carbocycles. The Hall–Kier alpha value is -1.53. The lowest BCUT2D eigenvalue weighted by Crippen LogP contribution is -2.36. The number of aliphatic hydroxyl groups excluding tert-OH is 1. The molecule has 0 aromatic heterocycles. The van der Waals surface area contributed by atoms with E-state index in [9.17, 15) is 13.6 Å². The molecule has 21 heavy (non-hydrogen) atoms. The molecule has 0 unspecified atom stereocenters. The molecule has 4 nitrogen and oxygen atoms in total. The van der Waals surface area contributed by atoms with E-state index in [1.807, 2.05) is 0 Å². The molecular formula is C15H20F2N2O2. The predicted octanol–water partition coefficient (Wildman–Crippen LogP) is 1.41. The maximum Gasteiger partial charge on any atom is 0.256 e. The van der Waals surface area contributed by atoms with Gasteiger partial charge in [-0.25, -0.2) is 8.78 Å². The fourth-order valence-electron chi connectivity index (χ4n) is 2.53. The summed E-state index contributed by atoms with van der Waals surface area (Å²) in [6.45, 7) is 4.64. The van der Waals surface area contributed by atoms with Crippen LogP contribution >= 0.6 is 0 Å². The first kappa shape index (κ1) is 15.9. The third-order valence-corrected chi connectivity index (χ3v) is 3.77. The Kier molecular flexibility index (Phi) is 5.25. The second kappa shape index (κ2) is 6.95. The van der Waals surface area contributed by atoms with Gasteiger partial charge >= 0.3 is 0 Å². The van der Waals surface area contributed by atoms with Crippen LogP contribution in [0.2, 0.25) is 0 Å². The summed E-state index contributed by atoms with van der Waals surface area (Å²) in [7, 11) is 0. The van der Waals surface area contributed by atoms with Gasteiger partial charge in [0.15, 0.2) is 0 Å². The predicted molar refractivity (Wildman–Crippen MR) is 75.1 cm³/mol. The van der Waals surface area contributed by atoms with Crippen LogP contribution in [0.3, 0.4) is 0 Å². The molecule has 1 fully saturated rings. The van der Waals surface area contributed by atoms with Crippen LogP contribution in [0, 0.1) is 18.6 Å². The highest BCUT2D eigenvalue weighted by Crippen LogP contribution is 2.17. The Labute approximate surface area is 123 Å². The second-order valence-electron chi connectivity index (χ2n) is 5.29. The van der Waals surface area contributed by atoms with Crippen molar-refractivity contribution in [3.8, 4) is 0 Å². The average molecular weight is 298 g/mol. The van der Waals surface area contributed by atoms with Gasteiger partial charge in [0.1, 0.15) is 11.6 Å². The third-order valence-electron chi connectivity index (χ3n) is 3.77. The van der Waals surface area contributed by atoms with Crippen LogP contribution < -0.4 is 0 Å². The van der Waals surface area contributed by atoms with E-state index in [0.717, 1.165) is 19.0 Å². The van der Waals surface area contributed by atoms with Crippen LogP contribution in [0.15, 0.2) is 12.1 Å². The SMILES string of the molecule is Cc1cc(C(=O)N2CCCN(CCO)CC2)c(F)cc1F. The van der Waals surface area contributed by atoms with E-state index >= 15 is 0 Å². The highest BCUT2D eigenvalue weighted by molar-refractivity contribution is 5.94. The van der Waals surface area contributed by atoms with Crippen molar-refractivity contribution >= 4 is 5.91 Å². The van der Waals surface area contributed by atoms with E-state index in [1.54, 1.807) is 4.90 Å². The number of hydrogen-bond acceptors (Lipinski definition) is 3. The summed E-state index contributed by atoms with van der Waals surface area (Å²) in [4.78, 5) is 16.1.